The van der Waals surface area contributed by atoms with Gasteiger partial charge in [0.2, 0.25) is 10.0 Å². The highest BCUT2D eigenvalue weighted by atomic mass is 32.2. The minimum Gasteiger partial charge on any atom is -0.378 e. The summed E-state index contributed by atoms with van der Waals surface area (Å²) in [6.07, 6.45) is 1.60. The first-order valence-electron chi connectivity index (χ1n) is 5.94. The van der Waals surface area contributed by atoms with Crippen molar-refractivity contribution in [2.24, 2.45) is 5.92 Å². The smallest absolute Gasteiger partial charge is 0.216 e. The van der Waals surface area contributed by atoms with E-state index in [1.807, 2.05) is 13.8 Å². The molecule has 6 heteroatoms. The molecular weight excluding hydrogens is 240 g/mol. The molecule has 1 aliphatic rings. The average Bonchev–Trinajstić information content (AvgIpc) is 2.28. The molecular formula is C11H20N2O3S. The third-order valence-electron chi connectivity index (χ3n) is 2.75. The van der Waals surface area contributed by atoms with E-state index in [9.17, 15) is 8.42 Å². The molecule has 17 heavy (non-hydrogen) atoms. The minimum atomic E-state index is -3.26. The Morgan fingerprint density at radius 3 is 2.82 bits per heavy atom. The molecule has 0 aromatic heterocycles. The largest absolute Gasteiger partial charge is 0.378 e. The molecule has 1 rings (SSSR count). The van der Waals surface area contributed by atoms with Crippen LogP contribution < -0.4 is 0 Å². The van der Waals surface area contributed by atoms with E-state index in [1.54, 1.807) is 0 Å². The predicted octanol–water partition coefficient (Wildman–Crippen LogP) is 0.977. The molecule has 98 valence electrons. The number of hydrogen-bond acceptors (Lipinski definition) is 4. The van der Waals surface area contributed by atoms with Crippen molar-refractivity contribution in [2.45, 2.75) is 32.8 Å². The van der Waals surface area contributed by atoms with Gasteiger partial charge in [-0.3, -0.25) is 0 Å². The maximum Gasteiger partial charge on any atom is 0.216 e. The SMILES string of the molecule is CC(C)OCCS(=O)(=O)N1CCCC(C#N)C1. The lowest BCUT2D eigenvalue weighted by Crippen LogP contribution is -2.41. The molecule has 0 aromatic carbocycles. The van der Waals surface area contributed by atoms with Crippen LogP contribution in [0.5, 0.6) is 0 Å². The number of piperidine rings is 1. The van der Waals surface area contributed by atoms with Gasteiger partial charge in [0.25, 0.3) is 0 Å². The van der Waals surface area contributed by atoms with E-state index in [2.05, 4.69) is 6.07 Å². The zero-order chi connectivity index (χ0) is 12.9. The van der Waals surface area contributed by atoms with E-state index in [0.29, 0.717) is 13.1 Å². The standard InChI is InChI=1S/C11H20N2O3S/c1-10(2)16-6-7-17(14,15)13-5-3-4-11(8-12)9-13/h10-11H,3-7,9H2,1-2H3. The van der Waals surface area contributed by atoms with Crippen LogP contribution in [0, 0.1) is 17.2 Å². The highest BCUT2D eigenvalue weighted by molar-refractivity contribution is 7.89. The van der Waals surface area contributed by atoms with Gasteiger partial charge in [-0.25, -0.2) is 12.7 Å². The molecule has 5 nitrogen and oxygen atoms in total. The fraction of sp³-hybridized carbons (Fsp3) is 0.909. The summed E-state index contributed by atoms with van der Waals surface area (Å²) in [5, 5.41) is 8.83. The number of nitriles is 1. The Morgan fingerprint density at radius 2 is 2.24 bits per heavy atom. The molecule has 0 aromatic rings. The summed E-state index contributed by atoms with van der Waals surface area (Å²) >= 11 is 0. The van der Waals surface area contributed by atoms with Gasteiger partial charge in [0.15, 0.2) is 0 Å². The van der Waals surface area contributed by atoms with Crippen LogP contribution in [0.1, 0.15) is 26.7 Å². The molecule has 1 fully saturated rings. The lowest BCUT2D eigenvalue weighted by molar-refractivity contribution is 0.0905. The third-order valence-corrected chi connectivity index (χ3v) is 4.55. The van der Waals surface area contributed by atoms with Crippen LogP contribution in [0.15, 0.2) is 0 Å². The third kappa shape index (κ3) is 4.62. The van der Waals surface area contributed by atoms with Gasteiger partial charge >= 0.3 is 0 Å². The van der Waals surface area contributed by atoms with Crippen LogP contribution in [0.25, 0.3) is 0 Å². The summed E-state index contributed by atoms with van der Waals surface area (Å²) in [6, 6.07) is 2.14. The molecule has 1 aliphatic heterocycles. The molecule has 0 radical (unpaired) electrons. The summed E-state index contributed by atoms with van der Waals surface area (Å²) < 4.78 is 30.6. The number of hydrogen-bond donors (Lipinski definition) is 0. The van der Waals surface area contributed by atoms with Gasteiger partial charge in [-0.2, -0.15) is 5.26 Å². The maximum absolute atomic E-state index is 12.0. The average molecular weight is 260 g/mol. The number of nitrogens with zero attached hydrogens (tertiary/aromatic N) is 2. The summed E-state index contributed by atoms with van der Waals surface area (Å²) in [4.78, 5) is 0. The van der Waals surface area contributed by atoms with Gasteiger partial charge < -0.3 is 4.74 Å². The monoisotopic (exact) mass is 260 g/mol. The van der Waals surface area contributed by atoms with Gasteiger partial charge in [-0.05, 0) is 26.7 Å². The van der Waals surface area contributed by atoms with Crippen LogP contribution in [-0.4, -0.2) is 44.3 Å². The molecule has 0 N–H and O–H groups in total. The van der Waals surface area contributed by atoms with E-state index in [0.717, 1.165) is 12.8 Å². The van der Waals surface area contributed by atoms with Crippen LogP contribution in [0.3, 0.4) is 0 Å². The zero-order valence-electron chi connectivity index (χ0n) is 10.4. The molecule has 1 heterocycles. The Labute approximate surface area is 103 Å². The first-order chi connectivity index (χ1) is 7.95. The fourth-order valence-corrected chi connectivity index (χ4v) is 3.20. The molecule has 1 atom stereocenters. The summed E-state index contributed by atoms with van der Waals surface area (Å²) in [5.41, 5.74) is 0. The molecule has 0 saturated carbocycles. The van der Waals surface area contributed by atoms with Crippen molar-refractivity contribution in [2.75, 3.05) is 25.4 Å². The van der Waals surface area contributed by atoms with Crippen LogP contribution in [-0.2, 0) is 14.8 Å². The molecule has 0 amide bonds. The van der Waals surface area contributed by atoms with Crippen molar-refractivity contribution in [3.8, 4) is 6.07 Å². The first kappa shape index (κ1) is 14.4. The van der Waals surface area contributed by atoms with Crippen molar-refractivity contribution in [1.82, 2.24) is 4.31 Å². The Hall–Kier alpha value is -0.640. The van der Waals surface area contributed by atoms with E-state index in [4.69, 9.17) is 10.00 Å². The Kier molecular flexibility index (Phi) is 5.37. The lowest BCUT2D eigenvalue weighted by Gasteiger charge is -2.28. The van der Waals surface area contributed by atoms with Crippen molar-refractivity contribution in [3.05, 3.63) is 0 Å². The van der Waals surface area contributed by atoms with Crippen LogP contribution in [0.2, 0.25) is 0 Å². The number of rotatable bonds is 5. The van der Waals surface area contributed by atoms with E-state index in [1.165, 1.54) is 4.31 Å². The molecule has 1 unspecified atom stereocenters. The lowest BCUT2D eigenvalue weighted by atomic mass is 10.0. The molecule has 0 aliphatic carbocycles. The minimum absolute atomic E-state index is 0.00330. The van der Waals surface area contributed by atoms with Crippen LogP contribution >= 0.6 is 0 Å². The highest BCUT2D eigenvalue weighted by Crippen LogP contribution is 2.18. The molecule has 0 spiro atoms. The Balaban J connectivity index is 2.49. The van der Waals surface area contributed by atoms with E-state index < -0.39 is 10.0 Å². The topological polar surface area (TPSA) is 70.4 Å². The van der Waals surface area contributed by atoms with Gasteiger partial charge in [0, 0.05) is 13.1 Å². The normalized spacial score (nSPS) is 22.6. The van der Waals surface area contributed by atoms with E-state index in [-0.39, 0.29) is 24.4 Å². The second-order valence-electron chi connectivity index (χ2n) is 4.56. The second-order valence-corrected chi connectivity index (χ2v) is 6.65. The van der Waals surface area contributed by atoms with Crippen molar-refractivity contribution in [1.29, 1.82) is 5.26 Å². The van der Waals surface area contributed by atoms with Gasteiger partial charge in [0.1, 0.15) is 0 Å². The Bertz CT molecular complexity index is 373. The summed E-state index contributed by atoms with van der Waals surface area (Å²) in [5.74, 6) is -0.159. The van der Waals surface area contributed by atoms with Gasteiger partial charge in [-0.15, -0.1) is 0 Å². The van der Waals surface area contributed by atoms with Gasteiger partial charge in [-0.1, -0.05) is 0 Å². The van der Waals surface area contributed by atoms with E-state index >= 15 is 0 Å². The quantitative estimate of drug-likeness (QED) is 0.738. The highest BCUT2D eigenvalue weighted by Gasteiger charge is 2.28. The van der Waals surface area contributed by atoms with Gasteiger partial charge in [0.05, 0.1) is 30.5 Å². The molecule has 1 saturated heterocycles. The fourth-order valence-electron chi connectivity index (χ4n) is 1.82. The first-order valence-corrected chi connectivity index (χ1v) is 7.55. The molecule has 0 bridgehead atoms. The van der Waals surface area contributed by atoms with Crippen LogP contribution in [0.4, 0.5) is 0 Å². The predicted molar refractivity (Wildman–Crippen MR) is 64.8 cm³/mol. The summed E-state index contributed by atoms with van der Waals surface area (Å²) in [6.45, 7) is 4.83. The van der Waals surface area contributed by atoms with Crippen molar-refractivity contribution < 1.29 is 13.2 Å². The van der Waals surface area contributed by atoms with Crippen molar-refractivity contribution in [3.63, 3.8) is 0 Å². The van der Waals surface area contributed by atoms with Crippen molar-refractivity contribution >= 4 is 10.0 Å². The number of sulfonamides is 1. The second kappa shape index (κ2) is 6.34. The summed E-state index contributed by atoms with van der Waals surface area (Å²) in [7, 11) is -3.26. The number of ether oxygens (including phenoxy) is 1. The maximum atomic E-state index is 12.0. The Morgan fingerprint density at radius 1 is 1.53 bits per heavy atom. The zero-order valence-corrected chi connectivity index (χ0v) is 11.2.